The van der Waals surface area contributed by atoms with Crippen LogP contribution in [0.1, 0.15) is 27.7 Å². The van der Waals surface area contributed by atoms with Gasteiger partial charge in [0.05, 0.1) is 24.9 Å². The zero-order valence-electron chi connectivity index (χ0n) is 12.1. The summed E-state index contributed by atoms with van der Waals surface area (Å²) in [5, 5.41) is 9.39. The molecule has 0 saturated carbocycles. The molecule has 0 radical (unpaired) electrons. The molecule has 0 aliphatic carbocycles. The van der Waals surface area contributed by atoms with Crippen LogP contribution in [0.2, 0.25) is 0 Å². The van der Waals surface area contributed by atoms with E-state index in [0.717, 1.165) is 6.08 Å². The maximum Gasteiger partial charge on any atom is 0.336 e. The third-order valence-electron chi connectivity index (χ3n) is 1.98. The fourth-order valence-corrected chi connectivity index (χ4v) is 0.948. The molecule has 5 heteroatoms. The summed E-state index contributed by atoms with van der Waals surface area (Å²) in [6.45, 7) is 14.5. The lowest BCUT2D eigenvalue weighted by molar-refractivity contribution is -0.140. The van der Waals surface area contributed by atoms with Gasteiger partial charge < -0.3 is 14.6 Å². The number of hydrogen-bond donors (Lipinski definition) is 1. The number of aliphatic hydroxyl groups excluding tert-OH is 1. The highest BCUT2D eigenvalue weighted by molar-refractivity contribution is 5.88. The molecule has 0 aliphatic rings. The van der Waals surface area contributed by atoms with Gasteiger partial charge in [-0.1, -0.05) is 27.0 Å². The number of carbonyl (C=O) groups excluding carboxylic acids is 2. The van der Waals surface area contributed by atoms with Crippen molar-refractivity contribution in [2.75, 3.05) is 13.2 Å². The Hall–Kier alpha value is -1.62. The van der Waals surface area contributed by atoms with Crippen LogP contribution < -0.4 is 0 Å². The summed E-state index contributed by atoms with van der Waals surface area (Å²) in [6.07, 6.45) is 0.341. The van der Waals surface area contributed by atoms with Gasteiger partial charge >= 0.3 is 11.9 Å². The molecule has 110 valence electrons. The van der Waals surface area contributed by atoms with Gasteiger partial charge in [-0.25, -0.2) is 9.59 Å². The van der Waals surface area contributed by atoms with E-state index in [1.165, 1.54) is 0 Å². The van der Waals surface area contributed by atoms with Gasteiger partial charge in [-0.2, -0.15) is 0 Å². The van der Waals surface area contributed by atoms with Crippen molar-refractivity contribution in [3.8, 4) is 0 Å². The van der Waals surface area contributed by atoms with Crippen LogP contribution in [0.15, 0.2) is 24.8 Å². The summed E-state index contributed by atoms with van der Waals surface area (Å²) in [4.78, 5) is 21.1. The summed E-state index contributed by atoms with van der Waals surface area (Å²) in [5.74, 6) is -0.886. The first-order chi connectivity index (χ1) is 8.81. The van der Waals surface area contributed by atoms with Crippen molar-refractivity contribution in [3.05, 3.63) is 24.8 Å². The van der Waals surface area contributed by atoms with Gasteiger partial charge in [0.1, 0.15) is 0 Å². The van der Waals surface area contributed by atoms with E-state index >= 15 is 0 Å². The van der Waals surface area contributed by atoms with E-state index < -0.39 is 12.1 Å². The minimum atomic E-state index is -0.802. The molecule has 19 heavy (non-hydrogen) atoms. The van der Waals surface area contributed by atoms with Crippen LogP contribution in [-0.4, -0.2) is 36.4 Å². The Labute approximate surface area is 114 Å². The van der Waals surface area contributed by atoms with E-state index in [4.69, 9.17) is 0 Å². The van der Waals surface area contributed by atoms with Gasteiger partial charge in [0.2, 0.25) is 0 Å². The Kier molecular flexibility index (Phi) is 11.9. The van der Waals surface area contributed by atoms with E-state index in [1.807, 2.05) is 13.8 Å². The lowest BCUT2D eigenvalue weighted by atomic mass is 10.0. The first-order valence-corrected chi connectivity index (χ1v) is 6.14. The van der Waals surface area contributed by atoms with Crippen LogP contribution in [0.5, 0.6) is 0 Å². The van der Waals surface area contributed by atoms with E-state index in [0.29, 0.717) is 13.2 Å². The van der Waals surface area contributed by atoms with E-state index in [-0.39, 0.29) is 17.5 Å². The van der Waals surface area contributed by atoms with Crippen LogP contribution in [0.4, 0.5) is 0 Å². The van der Waals surface area contributed by atoms with Gasteiger partial charge in [-0.15, -0.1) is 0 Å². The second-order valence-corrected chi connectivity index (χ2v) is 3.89. The summed E-state index contributed by atoms with van der Waals surface area (Å²) < 4.78 is 9.11. The Bertz CT molecular complexity index is 307. The molecule has 0 rings (SSSR count). The predicted molar refractivity (Wildman–Crippen MR) is 73.4 cm³/mol. The highest BCUT2D eigenvalue weighted by Gasteiger charge is 2.20. The zero-order chi connectivity index (χ0) is 15.4. The normalized spacial score (nSPS) is 10.8. The maximum atomic E-state index is 11.0. The molecule has 0 aromatic heterocycles. The van der Waals surface area contributed by atoms with Crippen molar-refractivity contribution in [3.63, 3.8) is 0 Å². The number of hydrogen-bond acceptors (Lipinski definition) is 5. The molecule has 0 fully saturated rings. The Morgan fingerprint density at radius 2 is 1.68 bits per heavy atom. The number of carbonyl (C=O) groups is 2. The molecular formula is C14H24O5. The summed E-state index contributed by atoms with van der Waals surface area (Å²) in [6, 6.07) is 0. The number of esters is 2. The molecule has 5 nitrogen and oxygen atoms in total. The van der Waals surface area contributed by atoms with Crippen LogP contribution in [-0.2, 0) is 19.1 Å². The van der Waals surface area contributed by atoms with Crippen LogP contribution in [0.25, 0.3) is 0 Å². The van der Waals surface area contributed by atoms with Crippen molar-refractivity contribution in [2.45, 2.75) is 33.8 Å². The molecule has 0 heterocycles. The largest absolute Gasteiger partial charge is 0.463 e. The van der Waals surface area contributed by atoms with Crippen LogP contribution in [0, 0.1) is 5.92 Å². The van der Waals surface area contributed by atoms with Crippen molar-refractivity contribution < 1.29 is 24.2 Å². The van der Waals surface area contributed by atoms with Gasteiger partial charge in [0.15, 0.2) is 0 Å². The summed E-state index contributed by atoms with van der Waals surface area (Å²) in [5.41, 5.74) is 0.131. The molecular weight excluding hydrogens is 248 g/mol. The van der Waals surface area contributed by atoms with E-state index in [1.54, 1.807) is 13.8 Å². The highest BCUT2D eigenvalue weighted by atomic mass is 16.5. The maximum absolute atomic E-state index is 11.0. The lowest BCUT2D eigenvalue weighted by Gasteiger charge is -2.15. The Morgan fingerprint density at radius 1 is 1.21 bits per heavy atom. The monoisotopic (exact) mass is 272 g/mol. The molecule has 0 saturated heterocycles. The zero-order valence-corrected chi connectivity index (χ0v) is 12.1. The van der Waals surface area contributed by atoms with Crippen molar-refractivity contribution in [1.29, 1.82) is 0 Å². The van der Waals surface area contributed by atoms with Gasteiger partial charge in [0.25, 0.3) is 0 Å². The Morgan fingerprint density at radius 3 is 1.95 bits per heavy atom. The van der Waals surface area contributed by atoms with Crippen molar-refractivity contribution in [1.82, 2.24) is 0 Å². The predicted octanol–water partition coefficient (Wildman–Crippen LogP) is 1.86. The molecule has 1 atom stereocenters. The lowest BCUT2D eigenvalue weighted by Crippen LogP contribution is -2.23. The fraction of sp³-hybridized carbons (Fsp3) is 0.571. The summed E-state index contributed by atoms with van der Waals surface area (Å²) >= 11 is 0. The molecule has 0 aliphatic heterocycles. The number of aliphatic hydroxyl groups is 1. The Balaban J connectivity index is 0. The van der Waals surface area contributed by atoms with Gasteiger partial charge in [-0.3, -0.25) is 0 Å². The highest BCUT2D eigenvalue weighted by Crippen LogP contribution is 2.11. The average Bonchev–Trinajstić information content (AvgIpc) is 2.38. The van der Waals surface area contributed by atoms with Crippen LogP contribution >= 0.6 is 0 Å². The molecule has 0 aromatic carbocycles. The first-order valence-electron chi connectivity index (χ1n) is 6.14. The number of rotatable bonds is 6. The third kappa shape index (κ3) is 10.0. The SMILES string of the molecule is C=C(C(=O)OCC)C(O)C(C)C.C=CC(=O)OCC. The fourth-order valence-electron chi connectivity index (χ4n) is 0.948. The molecule has 1 N–H and O–H groups in total. The van der Waals surface area contributed by atoms with E-state index in [9.17, 15) is 14.7 Å². The van der Waals surface area contributed by atoms with Gasteiger partial charge in [0, 0.05) is 6.08 Å². The topological polar surface area (TPSA) is 72.8 Å². The average molecular weight is 272 g/mol. The van der Waals surface area contributed by atoms with E-state index in [2.05, 4.69) is 22.6 Å². The molecule has 0 bridgehead atoms. The third-order valence-corrected chi connectivity index (χ3v) is 1.98. The second kappa shape index (κ2) is 11.5. The first kappa shape index (κ1) is 19.7. The minimum Gasteiger partial charge on any atom is -0.463 e. The van der Waals surface area contributed by atoms with Gasteiger partial charge in [-0.05, 0) is 19.8 Å². The number of ether oxygens (including phenoxy) is 2. The smallest absolute Gasteiger partial charge is 0.336 e. The van der Waals surface area contributed by atoms with Crippen LogP contribution in [0.3, 0.4) is 0 Å². The van der Waals surface area contributed by atoms with Crippen molar-refractivity contribution >= 4 is 11.9 Å². The molecule has 0 spiro atoms. The minimum absolute atomic E-state index is 0.0121. The van der Waals surface area contributed by atoms with Crippen molar-refractivity contribution in [2.24, 2.45) is 5.92 Å². The standard InChI is InChI=1S/C9H16O3.C5H8O2/c1-5-12-9(11)7(4)8(10)6(2)3;1-3-5(6)7-4-2/h6,8,10H,4-5H2,1-3H3;3H,1,4H2,2H3. The molecule has 0 aromatic rings. The molecule has 0 amide bonds. The molecule has 1 unspecified atom stereocenters. The quantitative estimate of drug-likeness (QED) is 0.590. The summed E-state index contributed by atoms with van der Waals surface area (Å²) in [7, 11) is 0. The second-order valence-electron chi connectivity index (χ2n) is 3.89.